The van der Waals surface area contributed by atoms with Crippen LogP contribution in [0.15, 0.2) is 47.1 Å². The smallest absolute Gasteiger partial charge is 0.287 e. The van der Waals surface area contributed by atoms with Crippen molar-refractivity contribution in [1.29, 1.82) is 0 Å². The van der Waals surface area contributed by atoms with Crippen LogP contribution in [0, 0.1) is 5.82 Å². The molecule has 1 N–H and O–H groups in total. The van der Waals surface area contributed by atoms with Gasteiger partial charge >= 0.3 is 0 Å². The second-order valence-electron chi connectivity index (χ2n) is 4.13. The van der Waals surface area contributed by atoms with Gasteiger partial charge in [-0.05, 0) is 29.8 Å². The number of carboxylic acid groups (broad SMARTS) is 1. The molecule has 0 spiro atoms. The Hall–Kier alpha value is -2.63. The summed E-state index contributed by atoms with van der Waals surface area (Å²) in [4.78, 5) is 22.6. The molecule has 2 rings (SSSR count). The summed E-state index contributed by atoms with van der Waals surface area (Å²) in [5.41, 5.74) is 0.468. The van der Waals surface area contributed by atoms with Crippen molar-refractivity contribution in [1.82, 2.24) is 5.32 Å². The van der Waals surface area contributed by atoms with Gasteiger partial charge in [0, 0.05) is 12.4 Å². The van der Waals surface area contributed by atoms with Gasteiger partial charge in [-0.1, -0.05) is 12.1 Å². The molecule has 0 bridgehead atoms. The van der Waals surface area contributed by atoms with E-state index in [0.717, 1.165) is 0 Å². The molecule has 0 fully saturated rings. The molecule has 1 atom stereocenters. The fraction of sp³-hybridized carbons (Fsp3) is 0.143. The lowest BCUT2D eigenvalue weighted by molar-refractivity contribution is -0.306. The van der Waals surface area contributed by atoms with Gasteiger partial charge in [-0.15, -0.1) is 0 Å². The zero-order chi connectivity index (χ0) is 14.5. The number of hydrogen-bond donors (Lipinski definition) is 1. The van der Waals surface area contributed by atoms with Crippen molar-refractivity contribution in [2.75, 3.05) is 0 Å². The molecule has 0 saturated heterocycles. The third-order valence-electron chi connectivity index (χ3n) is 2.69. The van der Waals surface area contributed by atoms with Crippen molar-refractivity contribution >= 4 is 11.9 Å². The molecule has 1 aromatic heterocycles. The lowest BCUT2D eigenvalue weighted by Crippen LogP contribution is -2.34. The summed E-state index contributed by atoms with van der Waals surface area (Å²) >= 11 is 0. The van der Waals surface area contributed by atoms with Crippen LogP contribution < -0.4 is 10.4 Å². The zero-order valence-electron chi connectivity index (χ0n) is 10.3. The summed E-state index contributed by atoms with van der Waals surface area (Å²) in [5, 5.41) is 13.3. The van der Waals surface area contributed by atoms with E-state index >= 15 is 0 Å². The standard InChI is InChI=1S/C14H12FNO4/c15-10-5-3-9(4-6-10)11(8-13(17)18)16-14(19)12-2-1-7-20-12/h1-7,11H,8H2,(H,16,19)(H,17,18)/p-1/t11-/m0/s1. The van der Waals surface area contributed by atoms with Crippen molar-refractivity contribution in [3.8, 4) is 0 Å². The predicted octanol–water partition coefficient (Wildman–Crippen LogP) is 1.03. The highest BCUT2D eigenvalue weighted by molar-refractivity contribution is 5.91. The maximum atomic E-state index is 12.9. The van der Waals surface area contributed by atoms with E-state index in [-0.39, 0.29) is 5.76 Å². The molecule has 6 heteroatoms. The van der Waals surface area contributed by atoms with Crippen molar-refractivity contribution < 1.29 is 23.5 Å². The molecule has 0 radical (unpaired) electrons. The molecule has 0 aliphatic heterocycles. The van der Waals surface area contributed by atoms with Crippen molar-refractivity contribution in [3.63, 3.8) is 0 Å². The summed E-state index contributed by atoms with van der Waals surface area (Å²) in [6, 6.07) is 7.37. The molecule has 1 aromatic carbocycles. The minimum atomic E-state index is -1.32. The second-order valence-corrected chi connectivity index (χ2v) is 4.13. The van der Waals surface area contributed by atoms with Gasteiger partial charge in [0.05, 0.1) is 12.3 Å². The third-order valence-corrected chi connectivity index (χ3v) is 2.69. The van der Waals surface area contributed by atoms with Gasteiger partial charge in [0.1, 0.15) is 5.82 Å². The Morgan fingerprint density at radius 3 is 2.50 bits per heavy atom. The van der Waals surface area contributed by atoms with E-state index in [9.17, 15) is 19.1 Å². The van der Waals surface area contributed by atoms with Crippen molar-refractivity contribution in [2.45, 2.75) is 12.5 Å². The number of carbonyl (C=O) groups excluding carboxylic acids is 2. The fourth-order valence-corrected chi connectivity index (χ4v) is 1.75. The van der Waals surface area contributed by atoms with Crippen molar-refractivity contribution in [2.24, 2.45) is 0 Å². The van der Waals surface area contributed by atoms with Gasteiger partial charge in [0.15, 0.2) is 5.76 Å². The number of amides is 1. The average Bonchev–Trinajstić information content (AvgIpc) is 2.92. The number of aliphatic carboxylic acids is 1. The number of rotatable bonds is 5. The van der Waals surface area contributed by atoms with Gasteiger partial charge in [-0.2, -0.15) is 0 Å². The van der Waals surface area contributed by atoms with Gasteiger partial charge in [-0.3, -0.25) is 4.79 Å². The lowest BCUT2D eigenvalue weighted by Gasteiger charge is -2.19. The van der Waals surface area contributed by atoms with Crippen LogP contribution in [0.1, 0.15) is 28.6 Å². The average molecular weight is 276 g/mol. The van der Waals surface area contributed by atoms with Crippen LogP contribution in [0.2, 0.25) is 0 Å². The van der Waals surface area contributed by atoms with Crippen LogP contribution in [0.25, 0.3) is 0 Å². The molecule has 0 aliphatic carbocycles. The number of hydrogen-bond acceptors (Lipinski definition) is 4. The predicted molar refractivity (Wildman–Crippen MR) is 64.9 cm³/mol. The topological polar surface area (TPSA) is 82.4 Å². The second kappa shape index (κ2) is 6.01. The van der Waals surface area contributed by atoms with E-state index in [1.807, 2.05) is 0 Å². The van der Waals surface area contributed by atoms with Crippen LogP contribution in [-0.2, 0) is 4.79 Å². The minimum absolute atomic E-state index is 0.0652. The Bertz CT molecular complexity index is 592. The van der Waals surface area contributed by atoms with Gasteiger partial charge in [0.2, 0.25) is 0 Å². The quantitative estimate of drug-likeness (QED) is 0.884. The van der Waals surface area contributed by atoms with E-state index in [2.05, 4.69) is 5.32 Å². The zero-order valence-corrected chi connectivity index (χ0v) is 10.3. The molecule has 0 unspecified atom stereocenters. The monoisotopic (exact) mass is 276 g/mol. The molecule has 0 aliphatic rings. The Morgan fingerprint density at radius 1 is 1.25 bits per heavy atom. The first-order chi connectivity index (χ1) is 9.56. The molecule has 1 amide bonds. The summed E-state index contributed by atoms with van der Waals surface area (Å²) in [5.74, 6) is -2.25. The summed E-state index contributed by atoms with van der Waals surface area (Å²) in [6.45, 7) is 0. The van der Waals surface area contributed by atoms with Crippen LogP contribution in [-0.4, -0.2) is 11.9 Å². The number of furan rings is 1. The summed E-state index contributed by atoms with van der Waals surface area (Å²) in [6.07, 6.45) is 0.915. The molecule has 104 valence electrons. The number of nitrogens with one attached hydrogen (secondary N) is 1. The van der Waals surface area contributed by atoms with Crippen LogP contribution >= 0.6 is 0 Å². The van der Waals surface area contributed by atoms with Crippen molar-refractivity contribution in [3.05, 3.63) is 59.8 Å². The van der Waals surface area contributed by atoms with E-state index in [0.29, 0.717) is 5.56 Å². The lowest BCUT2D eigenvalue weighted by atomic mass is 10.0. The molecule has 1 heterocycles. The first-order valence-corrected chi connectivity index (χ1v) is 5.86. The van der Waals surface area contributed by atoms with E-state index in [4.69, 9.17) is 4.42 Å². The Kier molecular flexibility index (Phi) is 4.14. The van der Waals surface area contributed by atoms with Crippen LogP contribution in [0.3, 0.4) is 0 Å². The molecule has 20 heavy (non-hydrogen) atoms. The summed E-state index contributed by atoms with van der Waals surface area (Å²) in [7, 11) is 0. The highest BCUT2D eigenvalue weighted by atomic mass is 19.1. The Labute approximate surface area is 114 Å². The minimum Gasteiger partial charge on any atom is -0.550 e. The SMILES string of the molecule is O=C([O-])C[C@H](NC(=O)c1ccco1)c1ccc(F)cc1. The Balaban J connectivity index is 2.17. The van der Waals surface area contributed by atoms with Gasteiger partial charge in [-0.25, -0.2) is 4.39 Å². The highest BCUT2D eigenvalue weighted by Gasteiger charge is 2.17. The number of carboxylic acids is 1. The Morgan fingerprint density at radius 2 is 1.95 bits per heavy atom. The van der Waals surface area contributed by atoms with Crippen LogP contribution in [0.5, 0.6) is 0 Å². The molecular formula is C14H11FNO4-. The normalized spacial score (nSPS) is 11.8. The summed E-state index contributed by atoms with van der Waals surface area (Å²) < 4.78 is 17.8. The number of carbonyl (C=O) groups is 2. The maximum Gasteiger partial charge on any atom is 0.287 e. The first kappa shape index (κ1) is 13.8. The number of benzene rings is 1. The molecular weight excluding hydrogens is 265 g/mol. The van der Waals surface area contributed by atoms with E-state index < -0.39 is 30.2 Å². The fourth-order valence-electron chi connectivity index (χ4n) is 1.75. The first-order valence-electron chi connectivity index (χ1n) is 5.86. The molecule has 0 saturated carbocycles. The maximum absolute atomic E-state index is 12.9. The van der Waals surface area contributed by atoms with E-state index in [1.54, 1.807) is 6.07 Å². The molecule has 2 aromatic rings. The highest BCUT2D eigenvalue weighted by Crippen LogP contribution is 2.18. The third kappa shape index (κ3) is 3.44. The molecule has 5 nitrogen and oxygen atoms in total. The largest absolute Gasteiger partial charge is 0.550 e. The van der Waals surface area contributed by atoms with Crippen LogP contribution in [0.4, 0.5) is 4.39 Å². The van der Waals surface area contributed by atoms with Gasteiger partial charge < -0.3 is 19.6 Å². The number of halogens is 1. The van der Waals surface area contributed by atoms with Gasteiger partial charge in [0.25, 0.3) is 5.91 Å². The van der Waals surface area contributed by atoms with E-state index in [1.165, 1.54) is 36.6 Å².